The third kappa shape index (κ3) is 7.49. The van der Waals surface area contributed by atoms with Crippen molar-refractivity contribution in [2.24, 2.45) is 0 Å². The van der Waals surface area contributed by atoms with Crippen molar-refractivity contribution in [1.29, 1.82) is 0 Å². The molecule has 2 aliphatic heterocycles. The molecule has 0 aromatic carbocycles. The molecule has 0 radical (unpaired) electrons. The van der Waals surface area contributed by atoms with Gasteiger partial charge in [0.25, 0.3) is 0 Å². The van der Waals surface area contributed by atoms with Gasteiger partial charge in [-0.2, -0.15) is 0 Å². The van der Waals surface area contributed by atoms with E-state index in [9.17, 15) is 0 Å². The first-order valence-electron chi connectivity index (χ1n) is 12.2. The Kier molecular flexibility index (Phi) is 10.3. The van der Waals surface area contributed by atoms with E-state index in [4.69, 9.17) is 22.2 Å². The van der Waals surface area contributed by atoms with Gasteiger partial charge in [0, 0.05) is 0 Å². The van der Waals surface area contributed by atoms with Crippen LogP contribution in [-0.4, -0.2) is 50.2 Å². The number of hydrogen-bond acceptors (Lipinski definition) is 0. The van der Waals surface area contributed by atoms with Gasteiger partial charge < -0.3 is 0 Å². The zero-order chi connectivity index (χ0) is 22.0. The molecule has 0 aromatic rings. The van der Waals surface area contributed by atoms with E-state index in [-0.39, 0.29) is 0 Å². The second kappa shape index (κ2) is 10.9. The fourth-order valence-electron chi connectivity index (χ4n) is 6.50. The Labute approximate surface area is 201 Å². The minimum atomic E-state index is -2.46. The topological polar surface area (TPSA) is 0 Å². The van der Waals surface area contributed by atoms with Crippen LogP contribution in [0.4, 0.5) is 0 Å². The molecule has 0 spiro atoms. The van der Waals surface area contributed by atoms with Crippen molar-refractivity contribution < 1.29 is 0 Å². The standard InChI is InChI=1S/C17H27BCl2Si.6CH3.2Sn/c1-4-6-13-16(17(5-2)21(3,19)20)18-14-9-7-10-15(18)12-8-11-14;;;;;;;;/h14-16H,4,6-13H2,1,3H3;6*1H3;;/t14?,15?,16-;;;;;;;;/m0......../s1. The summed E-state index contributed by atoms with van der Waals surface area (Å²) in [6.07, 6.45) is 12.5. The van der Waals surface area contributed by atoms with Crippen molar-refractivity contribution >= 4 is 72.3 Å². The van der Waals surface area contributed by atoms with Crippen LogP contribution in [-0.2, 0) is 0 Å². The number of fused-ring (bicyclic) bond motifs is 2. The Morgan fingerprint density at radius 2 is 1.41 bits per heavy atom. The Bertz CT molecular complexity index is 586. The van der Waals surface area contributed by atoms with Gasteiger partial charge in [-0.05, 0) is 0 Å². The molecule has 0 nitrogen and oxygen atoms in total. The van der Waals surface area contributed by atoms with Crippen molar-refractivity contribution in [3.05, 3.63) is 12.5 Å². The van der Waals surface area contributed by atoms with Gasteiger partial charge in [-0.15, -0.1) is 0 Å². The van der Waals surface area contributed by atoms with Gasteiger partial charge in [-0.1, -0.05) is 0 Å². The van der Waals surface area contributed by atoms with Gasteiger partial charge in [0.05, 0.1) is 0 Å². The summed E-state index contributed by atoms with van der Waals surface area (Å²) in [7, 11) is 0. The van der Waals surface area contributed by atoms with Crippen molar-refractivity contribution in [2.75, 3.05) is 0 Å². The van der Waals surface area contributed by atoms with Crippen LogP contribution >= 0.6 is 22.2 Å². The van der Waals surface area contributed by atoms with Gasteiger partial charge in [0.15, 0.2) is 0 Å². The van der Waals surface area contributed by atoms with E-state index in [0.717, 1.165) is 18.3 Å². The van der Waals surface area contributed by atoms with E-state index >= 15 is 0 Å². The molecule has 29 heavy (non-hydrogen) atoms. The fourth-order valence-corrected chi connectivity index (χ4v) is 62.1. The summed E-state index contributed by atoms with van der Waals surface area (Å²) in [4.78, 5) is 15.5. The van der Waals surface area contributed by atoms with E-state index < -0.39 is 43.4 Å². The predicted octanol–water partition coefficient (Wildman–Crippen LogP) is 9.45. The molecule has 166 valence electrons. The van der Waals surface area contributed by atoms with Crippen molar-refractivity contribution in [1.82, 2.24) is 0 Å². The van der Waals surface area contributed by atoms with E-state index in [1.807, 2.05) is 0 Å². The number of unbranched alkanes of at least 4 members (excludes halogenated alkanes) is 1. The summed E-state index contributed by atoms with van der Waals surface area (Å²) in [6, 6.07) is 0. The first-order valence-corrected chi connectivity index (χ1v) is 36.7. The second-order valence-electron chi connectivity index (χ2n) is 12.0. The van der Waals surface area contributed by atoms with Crippen LogP contribution < -0.4 is 0 Å². The molecule has 0 aromatic heterocycles. The molecule has 1 atom stereocenters. The van der Waals surface area contributed by atoms with Crippen molar-refractivity contribution in [3.8, 4) is 0 Å². The summed E-state index contributed by atoms with van der Waals surface area (Å²) < 4.78 is 1.80. The Balaban J connectivity index is 2.69. The fraction of sp³-hybridized carbons (Fsp3) is 0.870. The number of rotatable bonds is 8. The summed E-state index contributed by atoms with van der Waals surface area (Å²) in [5.41, 5.74) is 4.19. The molecule has 2 fully saturated rings. The van der Waals surface area contributed by atoms with Gasteiger partial charge in [-0.25, -0.2) is 0 Å². The van der Waals surface area contributed by atoms with E-state index in [1.54, 1.807) is 1.60 Å². The zero-order valence-electron chi connectivity index (χ0n) is 20.4. The molecule has 0 aliphatic carbocycles. The van der Waals surface area contributed by atoms with Gasteiger partial charge in [0.1, 0.15) is 0 Å². The maximum atomic E-state index is 7.13. The summed E-state index contributed by atoms with van der Waals surface area (Å²) >= 11 is 9.76. The van der Waals surface area contributed by atoms with Crippen LogP contribution in [0.3, 0.4) is 0 Å². The van der Waals surface area contributed by atoms with Crippen LogP contribution in [0.5, 0.6) is 0 Å². The monoisotopic (exact) mass is 670 g/mol. The van der Waals surface area contributed by atoms with E-state index in [0.29, 0.717) is 5.82 Å². The van der Waals surface area contributed by atoms with E-state index in [1.165, 1.54) is 63.0 Å². The van der Waals surface area contributed by atoms with Crippen LogP contribution in [0.25, 0.3) is 0 Å². The van der Waals surface area contributed by atoms with Crippen molar-refractivity contribution in [2.45, 2.75) is 118 Å². The molecule has 6 heteroatoms. The minimum absolute atomic E-state index is 0.592. The molecule has 0 saturated carbocycles. The zero-order valence-corrected chi connectivity index (χ0v) is 28.6. The number of hydrogen-bond donors (Lipinski definition) is 0. The predicted molar refractivity (Wildman–Crippen MR) is 145 cm³/mol. The summed E-state index contributed by atoms with van der Waals surface area (Å²) in [6.45, 7) is 2.87. The molecule has 0 N–H and O–H groups in total. The van der Waals surface area contributed by atoms with Crippen molar-refractivity contribution in [3.63, 3.8) is 0 Å². The number of allylic oxidation sites excluding steroid dienone is 1. The van der Waals surface area contributed by atoms with Crippen LogP contribution in [0.2, 0.25) is 53.6 Å². The molecule has 2 aliphatic rings. The second-order valence-corrected chi connectivity index (χ2v) is 52.1. The third-order valence-electron chi connectivity index (χ3n) is 7.33. The van der Waals surface area contributed by atoms with Gasteiger partial charge in [0.2, 0.25) is 0 Å². The van der Waals surface area contributed by atoms with E-state index in [2.05, 4.69) is 48.8 Å². The third-order valence-corrected chi connectivity index (χ3v) is 48.0. The molecular formula is C23H45BCl2SiSn2. The Morgan fingerprint density at radius 3 is 1.76 bits per heavy atom. The van der Waals surface area contributed by atoms with Crippen LogP contribution in [0, 0.1) is 0 Å². The molecule has 2 rings (SSSR count). The average molecular weight is 669 g/mol. The average Bonchev–Trinajstić information content (AvgIpc) is 2.53. The SMILES string of the molecule is CCCC[C@H](B1C2CCCC1CCC2)C(=C=[C]([Sn]([CH3])([CH3])[CH3])[Sn]([CH3])([CH3])[CH3])[Si](C)(Cl)Cl. The number of halogens is 2. The molecule has 2 heterocycles. The molecule has 0 unspecified atom stereocenters. The first-order chi connectivity index (χ1) is 13.3. The van der Waals surface area contributed by atoms with Crippen LogP contribution in [0.15, 0.2) is 12.5 Å². The summed E-state index contributed by atoms with van der Waals surface area (Å²) in [5.74, 6) is 2.41. The Hall–Kier alpha value is 1.98. The molecule has 0 amide bonds. The Morgan fingerprint density at radius 1 is 0.966 bits per heavy atom. The summed E-state index contributed by atoms with van der Waals surface area (Å²) in [5, 5.41) is 1.42. The van der Waals surface area contributed by atoms with Crippen LogP contribution in [0.1, 0.15) is 64.7 Å². The molecule has 2 bridgehead atoms. The quantitative estimate of drug-likeness (QED) is 0.137. The van der Waals surface area contributed by atoms with Gasteiger partial charge >= 0.3 is 203 Å². The molecular weight excluding hydrogens is 623 g/mol. The van der Waals surface area contributed by atoms with Gasteiger partial charge in [-0.3, -0.25) is 0 Å². The molecule has 2 saturated heterocycles. The maximum absolute atomic E-state index is 7.13. The first kappa shape index (κ1) is 27.2. The normalized spacial score (nSPS) is 24.1.